The number of pyridine rings is 1. The van der Waals surface area contributed by atoms with E-state index in [1.807, 2.05) is 28.8 Å². The van der Waals surface area contributed by atoms with Crippen molar-refractivity contribution in [1.29, 1.82) is 0 Å². The molecule has 3 aromatic heterocycles. The van der Waals surface area contributed by atoms with E-state index in [9.17, 15) is 0 Å². The number of aryl methyl sites for hydroxylation is 1. The Labute approximate surface area is 128 Å². The molecule has 4 nitrogen and oxygen atoms in total. The van der Waals surface area contributed by atoms with Gasteiger partial charge in [-0.3, -0.25) is 0 Å². The Bertz CT molecular complexity index is 923. The molecule has 0 atom stereocenters. The molecule has 0 unspecified atom stereocenters. The molecule has 22 heavy (non-hydrogen) atoms. The average Bonchev–Trinajstić information content (AvgIpc) is 3.13. The third-order valence-corrected chi connectivity index (χ3v) is 3.66. The predicted molar refractivity (Wildman–Crippen MR) is 85.1 cm³/mol. The van der Waals surface area contributed by atoms with Crippen LogP contribution in [0.1, 0.15) is 17.0 Å². The third kappa shape index (κ3) is 2.19. The highest BCUT2D eigenvalue weighted by molar-refractivity contribution is 5.73. The Balaban J connectivity index is 1.88. The smallest absolute Gasteiger partial charge is 0.206 e. The molecule has 4 heteroatoms. The quantitative estimate of drug-likeness (QED) is 0.574. The number of hydrogen-bond acceptors (Lipinski definition) is 3. The summed E-state index contributed by atoms with van der Waals surface area (Å²) in [5, 5.41) is 0. The Kier molecular flexibility index (Phi) is 3.00. The second kappa shape index (κ2) is 5.15. The summed E-state index contributed by atoms with van der Waals surface area (Å²) in [4.78, 5) is 9.19. The number of benzene rings is 1. The number of furan rings is 1. The highest BCUT2D eigenvalue weighted by atomic mass is 16.3. The first-order valence-electron chi connectivity index (χ1n) is 7.23. The van der Waals surface area contributed by atoms with Crippen LogP contribution in [0.2, 0.25) is 0 Å². The van der Waals surface area contributed by atoms with Crippen LogP contribution in [0.3, 0.4) is 0 Å². The van der Waals surface area contributed by atoms with Gasteiger partial charge < -0.3 is 4.42 Å². The van der Waals surface area contributed by atoms with Gasteiger partial charge >= 0.3 is 0 Å². The number of rotatable bonds is 3. The van der Waals surface area contributed by atoms with Crippen LogP contribution in [0.4, 0.5) is 0 Å². The zero-order valence-electron chi connectivity index (χ0n) is 12.2. The first-order chi connectivity index (χ1) is 10.8. The molecule has 0 aliphatic rings. The first-order valence-corrected chi connectivity index (χ1v) is 7.23. The molecule has 0 radical (unpaired) electrons. The Hall–Kier alpha value is -2.88. The zero-order chi connectivity index (χ0) is 14.9. The van der Waals surface area contributed by atoms with Crippen molar-refractivity contribution in [3.8, 4) is 5.88 Å². The van der Waals surface area contributed by atoms with Gasteiger partial charge in [-0.1, -0.05) is 29.8 Å². The summed E-state index contributed by atoms with van der Waals surface area (Å²) in [6.07, 6.45) is 4.18. The second-order valence-corrected chi connectivity index (χ2v) is 5.33. The molecular formula is C18H15N3O. The lowest BCUT2D eigenvalue weighted by atomic mass is 10.1. The van der Waals surface area contributed by atoms with Gasteiger partial charge in [0.15, 0.2) is 5.65 Å². The first kappa shape index (κ1) is 12.8. The standard InChI is InChI=1S/C18H15N3O/c1-13-5-2-6-14(11-13)12-16-20-15-7-3-9-19-18(15)21(16)17-8-4-10-22-17/h2-11H,12H2,1H3. The molecule has 0 amide bonds. The monoisotopic (exact) mass is 289 g/mol. The molecule has 3 heterocycles. The van der Waals surface area contributed by atoms with Gasteiger partial charge in [-0.2, -0.15) is 0 Å². The van der Waals surface area contributed by atoms with E-state index in [1.165, 1.54) is 11.1 Å². The number of aromatic nitrogens is 3. The highest BCUT2D eigenvalue weighted by Gasteiger charge is 2.15. The number of hydrogen-bond donors (Lipinski definition) is 0. The van der Waals surface area contributed by atoms with E-state index < -0.39 is 0 Å². The number of fused-ring (bicyclic) bond motifs is 1. The van der Waals surface area contributed by atoms with E-state index in [0.29, 0.717) is 0 Å². The summed E-state index contributed by atoms with van der Waals surface area (Å²) >= 11 is 0. The molecular weight excluding hydrogens is 274 g/mol. The van der Waals surface area contributed by atoms with Crippen LogP contribution in [0, 0.1) is 6.92 Å². The van der Waals surface area contributed by atoms with Crippen molar-refractivity contribution in [2.45, 2.75) is 13.3 Å². The van der Waals surface area contributed by atoms with Crippen LogP contribution in [0.25, 0.3) is 17.0 Å². The van der Waals surface area contributed by atoms with Crippen LogP contribution in [0.5, 0.6) is 0 Å². The molecule has 108 valence electrons. The summed E-state index contributed by atoms with van der Waals surface area (Å²) in [6.45, 7) is 2.10. The summed E-state index contributed by atoms with van der Waals surface area (Å²) in [5.74, 6) is 1.66. The SMILES string of the molecule is Cc1cccc(Cc2nc3cccnc3n2-c2ccco2)c1. The van der Waals surface area contributed by atoms with E-state index in [2.05, 4.69) is 36.2 Å². The molecule has 0 fully saturated rings. The van der Waals surface area contributed by atoms with Crippen LogP contribution in [-0.4, -0.2) is 14.5 Å². The van der Waals surface area contributed by atoms with E-state index in [0.717, 1.165) is 29.3 Å². The molecule has 0 saturated heterocycles. The van der Waals surface area contributed by atoms with Gasteiger partial charge in [0.25, 0.3) is 0 Å². The summed E-state index contributed by atoms with van der Waals surface area (Å²) in [5.41, 5.74) is 4.17. The van der Waals surface area contributed by atoms with Crippen molar-refractivity contribution in [3.63, 3.8) is 0 Å². The minimum absolute atomic E-state index is 0.735. The van der Waals surface area contributed by atoms with Crippen LogP contribution in [0.15, 0.2) is 65.4 Å². The average molecular weight is 289 g/mol. The Morgan fingerprint density at radius 1 is 1.09 bits per heavy atom. The maximum atomic E-state index is 5.57. The third-order valence-electron chi connectivity index (χ3n) is 3.66. The molecule has 0 aliphatic heterocycles. The molecule has 0 bridgehead atoms. The van der Waals surface area contributed by atoms with E-state index in [1.54, 1.807) is 12.5 Å². The molecule has 0 aliphatic carbocycles. The molecule has 1 aromatic carbocycles. The van der Waals surface area contributed by atoms with Crippen molar-refractivity contribution in [1.82, 2.24) is 14.5 Å². The van der Waals surface area contributed by atoms with Crippen molar-refractivity contribution in [2.75, 3.05) is 0 Å². The fourth-order valence-corrected chi connectivity index (χ4v) is 2.71. The molecule has 0 N–H and O–H groups in total. The van der Waals surface area contributed by atoms with E-state index in [-0.39, 0.29) is 0 Å². The molecule has 4 aromatic rings. The number of imidazole rings is 1. The molecule has 4 rings (SSSR count). The fourth-order valence-electron chi connectivity index (χ4n) is 2.71. The van der Waals surface area contributed by atoms with Crippen LogP contribution < -0.4 is 0 Å². The van der Waals surface area contributed by atoms with Crippen molar-refractivity contribution in [2.24, 2.45) is 0 Å². The van der Waals surface area contributed by atoms with Gasteiger partial charge in [0.05, 0.1) is 6.26 Å². The summed E-state index contributed by atoms with van der Waals surface area (Å²) < 4.78 is 7.55. The van der Waals surface area contributed by atoms with E-state index >= 15 is 0 Å². The van der Waals surface area contributed by atoms with E-state index in [4.69, 9.17) is 9.40 Å². The minimum Gasteiger partial charge on any atom is -0.448 e. The lowest BCUT2D eigenvalue weighted by Crippen LogP contribution is -2.02. The zero-order valence-corrected chi connectivity index (χ0v) is 12.2. The second-order valence-electron chi connectivity index (χ2n) is 5.33. The number of nitrogens with zero attached hydrogens (tertiary/aromatic N) is 3. The van der Waals surface area contributed by atoms with Gasteiger partial charge in [-0.25, -0.2) is 14.5 Å². The van der Waals surface area contributed by atoms with Crippen LogP contribution >= 0.6 is 0 Å². The maximum Gasteiger partial charge on any atom is 0.206 e. The summed E-state index contributed by atoms with van der Waals surface area (Å²) in [6, 6.07) is 16.1. The Morgan fingerprint density at radius 2 is 2.05 bits per heavy atom. The lowest BCUT2D eigenvalue weighted by Gasteiger charge is -2.06. The van der Waals surface area contributed by atoms with Crippen molar-refractivity contribution < 1.29 is 4.42 Å². The normalized spacial score (nSPS) is 11.1. The minimum atomic E-state index is 0.735. The fraction of sp³-hybridized carbons (Fsp3) is 0.111. The van der Waals surface area contributed by atoms with Crippen molar-refractivity contribution >= 4 is 11.2 Å². The topological polar surface area (TPSA) is 43.9 Å². The van der Waals surface area contributed by atoms with Gasteiger partial charge in [0, 0.05) is 18.7 Å². The van der Waals surface area contributed by atoms with Gasteiger partial charge in [0.2, 0.25) is 5.88 Å². The molecule has 0 spiro atoms. The Morgan fingerprint density at radius 3 is 2.86 bits per heavy atom. The highest BCUT2D eigenvalue weighted by Crippen LogP contribution is 2.22. The van der Waals surface area contributed by atoms with Crippen LogP contribution in [-0.2, 0) is 6.42 Å². The van der Waals surface area contributed by atoms with Gasteiger partial charge in [0.1, 0.15) is 11.3 Å². The maximum absolute atomic E-state index is 5.57. The largest absolute Gasteiger partial charge is 0.448 e. The molecule has 0 saturated carbocycles. The van der Waals surface area contributed by atoms with Crippen molar-refractivity contribution in [3.05, 3.63) is 77.9 Å². The summed E-state index contributed by atoms with van der Waals surface area (Å²) in [7, 11) is 0. The van der Waals surface area contributed by atoms with Gasteiger partial charge in [-0.15, -0.1) is 0 Å². The lowest BCUT2D eigenvalue weighted by molar-refractivity contribution is 0.536. The predicted octanol–water partition coefficient (Wildman–Crippen LogP) is 3.91. The van der Waals surface area contributed by atoms with Gasteiger partial charge in [-0.05, 0) is 30.7 Å².